The number of anilines is 1. The first-order valence-electron chi connectivity index (χ1n) is 8.19. The molecule has 2 aromatic rings. The van der Waals surface area contributed by atoms with Crippen LogP contribution in [0, 0.1) is 0 Å². The predicted octanol–water partition coefficient (Wildman–Crippen LogP) is 1.12. The first-order chi connectivity index (χ1) is 12.9. The highest BCUT2D eigenvalue weighted by Crippen LogP contribution is 2.13. The number of ether oxygens (including phenoxy) is 1. The SMILES string of the molecule is CC(=O)Nc1ccc(S(=O)(=O)NCCNC(=O)COc2ccccc2)cc1. The quantitative estimate of drug-likeness (QED) is 0.554. The lowest BCUT2D eigenvalue weighted by atomic mass is 10.3. The zero-order valence-corrected chi connectivity index (χ0v) is 15.6. The Bertz CT molecular complexity index is 868. The summed E-state index contributed by atoms with van der Waals surface area (Å²) in [5, 5.41) is 5.13. The molecule has 0 aliphatic carbocycles. The van der Waals surface area contributed by atoms with Crippen LogP contribution in [0.3, 0.4) is 0 Å². The Morgan fingerprint density at radius 1 is 0.963 bits per heavy atom. The highest BCUT2D eigenvalue weighted by Gasteiger charge is 2.13. The molecule has 0 fully saturated rings. The molecule has 8 nitrogen and oxygen atoms in total. The van der Waals surface area contributed by atoms with Gasteiger partial charge in [-0.3, -0.25) is 9.59 Å². The number of para-hydroxylation sites is 1. The predicted molar refractivity (Wildman–Crippen MR) is 101 cm³/mol. The molecule has 0 aliphatic rings. The number of carbonyl (C=O) groups excluding carboxylic acids is 2. The van der Waals surface area contributed by atoms with Gasteiger partial charge in [-0.25, -0.2) is 13.1 Å². The molecule has 3 N–H and O–H groups in total. The Kier molecular flexibility index (Phi) is 7.33. The minimum Gasteiger partial charge on any atom is -0.484 e. The van der Waals surface area contributed by atoms with Gasteiger partial charge in [-0.15, -0.1) is 0 Å². The van der Waals surface area contributed by atoms with Crippen LogP contribution in [0.15, 0.2) is 59.5 Å². The molecule has 9 heteroatoms. The summed E-state index contributed by atoms with van der Waals surface area (Å²) in [6.45, 7) is 1.37. The lowest BCUT2D eigenvalue weighted by molar-refractivity contribution is -0.123. The maximum Gasteiger partial charge on any atom is 0.257 e. The fourth-order valence-corrected chi connectivity index (χ4v) is 3.14. The van der Waals surface area contributed by atoms with Crippen LogP contribution in [0.4, 0.5) is 5.69 Å². The zero-order chi connectivity index (χ0) is 19.7. The van der Waals surface area contributed by atoms with Gasteiger partial charge in [-0.2, -0.15) is 0 Å². The summed E-state index contributed by atoms with van der Waals surface area (Å²) in [4.78, 5) is 22.7. The minimum absolute atomic E-state index is 0.0346. The number of hydrogen-bond donors (Lipinski definition) is 3. The third-order valence-corrected chi connectivity index (χ3v) is 4.81. The van der Waals surface area contributed by atoms with Crippen LogP contribution in [0.1, 0.15) is 6.92 Å². The van der Waals surface area contributed by atoms with E-state index < -0.39 is 10.0 Å². The Balaban J connectivity index is 1.73. The molecule has 0 aromatic heterocycles. The van der Waals surface area contributed by atoms with E-state index >= 15 is 0 Å². The van der Waals surface area contributed by atoms with Crippen LogP contribution in [-0.4, -0.2) is 39.9 Å². The molecule has 0 atom stereocenters. The molecule has 0 unspecified atom stereocenters. The molecular formula is C18H21N3O5S. The number of nitrogens with one attached hydrogen (secondary N) is 3. The van der Waals surface area contributed by atoms with Crippen LogP contribution < -0.4 is 20.1 Å². The van der Waals surface area contributed by atoms with E-state index in [1.54, 1.807) is 24.3 Å². The summed E-state index contributed by atoms with van der Waals surface area (Å²) in [7, 11) is -3.70. The van der Waals surface area contributed by atoms with Crippen molar-refractivity contribution in [3.63, 3.8) is 0 Å². The van der Waals surface area contributed by atoms with Crippen LogP contribution in [0.2, 0.25) is 0 Å². The van der Waals surface area contributed by atoms with Crippen molar-refractivity contribution in [1.82, 2.24) is 10.0 Å². The average Bonchev–Trinajstić information content (AvgIpc) is 2.64. The lowest BCUT2D eigenvalue weighted by Crippen LogP contribution is -2.36. The molecule has 0 aliphatic heterocycles. The maximum atomic E-state index is 12.2. The molecule has 0 heterocycles. The second-order valence-corrected chi connectivity index (χ2v) is 7.32. The summed E-state index contributed by atoms with van der Waals surface area (Å²) >= 11 is 0. The fraction of sp³-hybridized carbons (Fsp3) is 0.222. The van der Waals surface area contributed by atoms with Gasteiger partial charge in [0, 0.05) is 25.7 Å². The average molecular weight is 391 g/mol. The molecule has 0 saturated carbocycles. The standard InChI is InChI=1S/C18H21N3O5S/c1-14(22)21-15-7-9-17(10-8-15)27(24,25)20-12-11-19-18(23)13-26-16-5-3-2-4-6-16/h2-10,20H,11-13H2,1H3,(H,19,23)(H,21,22). The second kappa shape index (κ2) is 9.70. The van der Waals surface area contributed by atoms with Crippen LogP contribution >= 0.6 is 0 Å². The molecule has 2 rings (SSSR count). The molecule has 0 spiro atoms. The van der Waals surface area contributed by atoms with Crippen LogP contribution in [0.5, 0.6) is 5.75 Å². The maximum absolute atomic E-state index is 12.2. The Morgan fingerprint density at radius 2 is 1.63 bits per heavy atom. The molecule has 0 radical (unpaired) electrons. The first kappa shape index (κ1) is 20.4. The van der Waals surface area contributed by atoms with Gasteiger partial charge in [0.05, 0.1) is 4.90 Å². The van der Waals surface area contributed by atoms with Crippen molar-refractivity contribution in [1.29, 1.82) is 0 Å². The number of carbonyl (C=O) groups is 2. The molecule has 2 aromatic carbocycles. The van der Waals surface area contributed by atoms with Crippen molar-refractivity contribution in [2.75, 3.05) is 25.0 Å². The first-order valence-corrected chi connectivity index (χ1v) is 9.67. The Hall–Kier alpha value is -2.91. The fourth-order valence-electron chi connectivity index (χ4n) is 2.11. The van der Waals surface area contributed by atoms with Crippen molar-refractivity contribution in [2.24, 2.45) is 0 Å². The largest absolute Gasteiger partial charge is 0.484 e. The third-order valence-electron chi connectivity index (χ3n) is 3.34. The normalized spacial score (nSPS) is 10.9. The minimum atomic E-state index is -3.70. The summed E-state index contributed by atoms with van der Waals surface area (Å²) in [5.74, 6) is -0.00973. The van der Waals surface area contributed by atoms with Gasteiger partial charge in [0.1, 0.15) is 5.75 Å². The van der Waals surface area contributed by atoms with Gasteiger partial charge >= 0.3 is 0 Å². The van der Waals surface area contributed by atoms with Crippen LogP contribution in [-0.2, 0) is 19.6 Å². The van der Waals surface area contributed by atoms with Crippen molar-refractivity contribution in [2.45, 2.75) is 11.8 Å². The lowest BCUT2D eigenvalue weighted by Gasteiger charge is -2.09. The van der Waals surface area contributed by atoms with Gasteiger partial charge in [0.2, 0.25) is 15.9 Å². The van der Waals surface area contributed by atoms with Gasteiger partial charge in [0.25, 0.3) is 5.91 Å². The number of amides is 2. The Morgan fingerprint density at radius 3 is 2.26 bits per heavy atom. The molecule has 144 valence electrons. The number of sulfonamides is 1. The van der Waals surface area contributed by atoms with Gasteiger partial charge in [-0.05, 0) is 36.4 Å². The van der Waals surface area contributed by atoms with Gasteiger partial charge in [0.15, 0.2) is 6.61 Å². The van der Waals surface area contributed by atoms with Crippen molar-refractivity contribution in [3.05, 3.63) is 54.6 Å². The summed E-state index contributed by atoms with van der Waals surface area (Å²) in [6, 6.07) is 14.7. The van der Waals surface area contributed by atoms with E-state index in [1.807, 2.05) is 6.07 Å². The highest BCUT2D eigenvalue weighted by atomic mass is 32.2. The summed E-state index contributed by atoms with van der Waals surface area (Å²) in [5.41, 5.74) is 0.507. The van der Waals surface area contributed by atoms with E-state index in [9.17, 15) is 18.0 Å². The Labute approximate surface area is 158 Å². The number of rotatable bonds is 9. The smallest absolute Gasteiger partial charge is 0.257 e. The van der Waals surface area contributed by atoms with Gasteiger partial charge < -0.3 is 15.4 Å². The summed E-state index contributed by atoms with van der Waals surface area (Å²) in [6.07, 6.45) is 0. The van der Waals surface area contributed by atoms with Crippen molar-refractivity contribution in [3.8, 4) is 5.75 Å². The summed E-state index contributed by atoms with van der Waals surface area (Å²) < 4.78 is 32.1. The monoisotopic (exact) mass is 391 g/mol. The molecule has 0 saturated heterocycles. The second-order valence-electron chi connectivity index (χ2n) is 5.56. The molecule has 2 amide bonds. The molecular weight excluding hydrogens is 370 g/mol. The van der Waals surface area contributed by atoms with Crippen molar-refractivity contribution < 1.29 is 22.7 Å². The van der Waals surface area contributed by atoms with E-state index in [1.165, 1.54) is 31.2 Å². The van der Waals surface area contributed by atoms with E-state index in [-0.39, 0.29) is 36.4 Å². The van der Waals surface area contributed by atoms with E-state index in [4.69, 9.17) is 4.74 Å². The van der Waals surface area contributed by atoms with E-state index in [2.05, 4.69) is 15.4 Å². The number of hydrogen-bond acceptors (Lipinski definition) is 5. The third kappa shape index (κ3) is 7.08. The van der Waals surface area contributed by atoms with E-state index in [0.29, 0.717) is 11.4 Å². The van der Waals surface area contributed by atoms with Crippen LogP contribution in [0.25, 0.3) is 0 Å². The van der Waals surface area contributed by atoms with Gasteiger partial charge in [-0.1, -0.05) is 18.2 Å². The van der Waals surface area contributed by atoms with Crippen molar-refractivity contribution >= 4 is 27.5 Å². The molecule has 0 bridgehead atoms. The van der Waals surface area contributed by atoms with E-state index in [0.717, 1.165) is 0 Å². The highest BCUT2D eigenvalue weighted by molar-refractivity contribution is 7.89. The number of benzene rings is 2. The molecule has 27 heavy (non-hydrogen) atoms. The zero-order valence-electron chi connectivity index (χ0n) is 14.8. The topological polar surface area (TPSA) is 114 Å².